The highest BCUT2D eigenvalue weighted by atomic mass is 79.9. The quantitative estimate of drug-likeness (QED) is 0.273. The lowest BCUT2D eigenvalue weighted by atomic mass is 10.2. The molecule has 0 unspecified atom stereocenters. The summed E-state index contributed by atoms with van der Waals surface area (Å²) in [5, 5.41) is 0.607. The molecule has 9 heteroatoms. The first-order valence-corrected chi connectivity index (χ1v) is 11.5. The van der Waals surface area contributed by atoms with E-state index in [2.05, 4.69) is 25.7 Å². The minimum atomic E-state index is -0.487. The van der Waals surface area contributed by atoms with Crippen molar-refractivity contribution in [1.82, 2.24) is 4.90 Å². The molecule has 0 saturated carbocycles. The molecule has 0 bridgehead atoms. The van der Waals surface area contributed by atoms with Gasteiger partial charge in [-0.25, -0.2) is 9.79 Å². The third kappa shape index (κ3) is 6.44. The van der Waals surface area contributed by atoms with Crippen molar-refractivity contribution < 1.29 is 23.8 Å². The summed E-state index contributed by atoms with van der Waals surface area (Å²) < 4.78 is 16.2. The molecule has 7 nitrogen and oxygen atoms in total. The van der Waals surface area contributed by atoms with E-state index in [1.165, 1.54) is 18.9 Å². The van der Waals surface area contributed by atoms with Gasteiger partial charge in [0.2, 0.25) is 0 Å². The summed E-state index contributed by atoms with van der Waals surface area (Å²) in [5.41, 5.74) is 1.43. The molecule has 1 saturated heterocycles. The van der Waals surface area contributed by atoms with E-state index in [4.69, 9.17) is 9.47 Å². The molecule has 3 rings (SSSR count). The molecule has 0 atom stereocenters. The minimum absolute atomic E-state index is 0.139. The molecule has 1 heterocycles. The number of para-hydroxylation sites is 1. The highest BCUT2D eigenvalue weighted by Crippen LogP contribution is 2.36. The molecule has 1 aliphatic heterocycles. The number of hydrogen-bond acceptors (Lipinski definition) is 7. The van der Waals surface area contributed by atoms with Crippen molar-refractivity contribution in [3.63, 3.8) is 0 Å². The number of thioether (sulfide) groups is 1. The van der Waals surface area contributed by atoms with Crippen LogP contribution in [-0.2, 0) is 19.1 Å². The van der Waals surface area contributed by atoms with Gasteiger partial charge in [-0.1, -0.05) is 34.1 Å². The number of rotatable bonds is 9. The summed E-state index contributed by atoms with van der Waals surface area (Å²) in [6, 6.07) is 14.9. The fraction of sp³-hybridized carbons (Fsp3) is 0.261. The van der Waals surface area contributed by atoms with Gasteiger partial charge in [0.05, 0.1) is 17.7 Å². The Balaban J connectivity index is 1.92. The van der Waals surface area contributed by atoms with Crippen molar-refractivity contribution in [3.8, 4) is 5.75 Å². The van der Waals surface area contributed by atoms with Crippen molar-refractivity contribution in [1.29, 1.82) is 0 Å². The van der Waals surface area contributed by atoms with E-state index in [0.29, 0.717) is 41.0 Å². The van der Waals surface area contributed by atoms with Gasteiger partial charge in [0.15, 0.2) is 11.8 Å². The van der Waals surface area contributed by atoms with Gasteiger partial charge >= 0.3 is 5.97 Å². The maximum Gasteiger partial charge on any atom is 0.343 e. The molecule has 2 aromatic carbocycles. The zero-order chi connectivity index (χ0) is 22.9. The number of hydrogen-bond donors (Lipinski definition) is 0. The Kier molecular flexibility index (Phi) is 8.90. The third-order valence-electron chi connectivity index (χ3n) is 4.43. The fourth-order valence-electron chi connectivity index (χ4n) is 2.87. The van der Waals surface area contributed by atoms with Crippen LogP contribution >= 0.6 is 27.7 Å². The second-order valence-corrected chi connectivity index (χ2v) is 8.62. The summed E-state index contributed by atoms with van der Waals surface area (Å²) in [6.07, 6.45) is 2.44. The van der Waals surface area contributed by atoms with E-state index < -0.39 is 5.97 Å². The number of carbonyl (C=O) groups excluding carboxylic acids is 2. The number of halogens is 1. The SMILES string of the molecule is COCCCN1C(=O)C(=Cc2cc(Br)ccc2OCC(=O)OC)SC1=Nc1ccccc1. The Hall–Kier alpha value is -2.62. The van der Waals surface area contributed by atoms with E-state index >= 15 is 0 Å². The standard InChI is InChI=1S/C23H23BrN2O5S/c1-29-12-6-11-26-22(28)20(32-23(26)25-18-7-4-3-5-8-18)14-16-13-17(24)9-10-19(16)31-15-21(27)30-2/h3-5,7-10,13-14H,6,11-12,15H2,1-2H3. The number of benzene rings is 2. The maximum atomic E-state index is 13.2. The monoisotopic (exact) mass is 518 g/mol. The van der Waals surface area contributed by atoms with Crippen molar-refractivity contribution in [2.45, 2.75) is 6.42 Å². The van der Waals surface area contributed by atoms with Crippen LogP contribution in [0.2, 0.25) is 0 Å². The topological polar surface area (TPSA) is 77.4 Å². The minimum Gasteiger partial charge on any atom is -0.481 e. The van der Waals surface area contributed by atoms with Crippen LogP contribution in [0.4, 0.5) is 5.69 Å². The Morgan fingerprint density at radius 3 is 2.69 bits per heavy atom. The van der Waals surface area contributed by atoms with Gasteiger partial charge in [-0.05, 0) is 54.6 Å². The number of amides is 1. The second-order valence-electron chi connectivity index (χ2n) is 6.69. The first kappa shape index (κ1) is 24.0. The molecule has 0 aromatic heterocycles. The van der Waals surface area contributed by atoms with Crippen LogP contribution in [-0.4, -0.2) is 55.9 Å². The zero-order valence-electron chi connectivity index (χ0n) is 17.7. The number of aliphatic imine (C=N–C) groups is 1. The average Bonchev–Trinajstić information content (AvgIpc) is 3.08. The number of ether oxygens (including phenoxy) is 3. The maximum absolute atomic E-state index is 13.2. The first-order chi connectivity index (χ1) is 15.5. The Morgan fingerprint density at radius 1 is 1.19 bits per heavy atom. The van der Waals surface area contributed by atoms with E-state index in [9.17, 15) is 9.59 Å². The average molecular weight is 519 g/mol. The fourth-order valence-corrected chi connectivity index (χ4v) is 4.26. The summed E-state index contributed by atoms with van der Waals surface area (Å²) in [7, 11) is 2.93. The van der Waals surface area contributed by atoms with Gasteiger partial charge in [-0.2, -0.15) is 0 Å². The first-order valence-electron chi connectivity index (χ1n) is 9.85. The summed E-state index contributed by atoms with van der Waals surface area (Å²) >= 11 is 4.75. The molecule has 168 valence electrons. The lowest BCUT2D eigenvalue weighted by Gasteiger charge is -2.15. The normalized spacial score (nSPS) is 16.1. The molecule has 0 spiro atoms. The van der Waals surface area contributed by atoms with Gasteiger partial charge < -0.3 is 14.2 Å². The molecule has 2 aromatic rings. The van der Waals surface area contributed by atoms with Crippen molar-refractivity contribution in [3.05, 3.63) is 63.5 Å². The molecule has 1 amide bonds. The highest BCUT2D eigenvalue weighted by molar-refractivity contribution is 9.10. The number of amidine groups is 1. The third-order valence-corrected chi connectivity index (χ3v) is 5.93. The van der Waals surface area contributed by atoms with E-state index in [1.54, 1.807) is 30.2 Å². The number of esters is 1. The van der Waals surface area contributed by atoms with Gasteiger partial charge in [-0.3, -0.25) is 9.69 Å². The Morgan fingerprint density at radius 2 is 1.97 bits per heavy atom. The van der Waals surface area contributed by atoms with Crippen molar-refractivity contribution in [2.24, 2.45) is 4.99 Å². The summed E-state index contributed by atoms with van der Waals surface area (Å²) in [4.78, 5) is 31.5. The Labute approximate surface area is 199 Å². The molecule has 0 aliphatic carbocycles. The van der Waals surface area contributed by atoms with E-state index in [-0.39, 0.29) is 12.5 Å². The molecule has 1 fully saturated rings. The van der Waals surface area contributed by atoms with Gasteiger partial charge in [0, 0.05) is 30.3 Å². The highest BCUT2D eigenvalue weighted by Gasteiger charge is 2.33. The molecule has 0 radical (unpaired) electrons. The van der Waals surface area contributed by atoms with Gasteiger partial charge in [-0.15, -0.1) is 0 Å². The van der Waals surface area contributed by atoms with E-state index in [1.807, 2.05) is 36.4 Å². The number of methoxy groups -OCH3 is 2. The molecule has 32 heavy (non-hydrogen) atoms. The number of nitrogens with zero attached hydrogens (tertiary/aromatic N) is 2. The van der Waals surface area contributed by atoms with Gasteiger partial charge in [0.1, 0.15) is 5.75 Å². The predicted octanol–water partition coefficient (Wildman–Crippen LogP) is 4.64. The van der Waals surface area contributed by atoms with Crippen LogP contribution in [0.5, 0.6) is 5.75 Å². The van der Waals surface area contributed by atoms with Crippen LogP contribution in [0, 0.1) is 0 Å². The summed E-state index contributed by atoms with van der Waals surface area (Å²) in [5.74, 6) is -0.155. The zero-order valence-corrected chi connectivity index (χ0v) is 20.1. The molecular weight excluding hydrogens is 496 g/mol. The second kappa shape index (κ2) is 11.8. The molecule has 0 N–H and O–H groups in total. The Bertz CT molecular complexity index is 1030. The van der Waals surface area contributed by atoms with Crippen LogP contribution in [0.15, 0.2) is 62.9 Å². The van der Waals surface area contributed by atoms with Crippen LogP contribution in [0.3, 0.4) is 0 Å². The predicted molar refractivity (Wildman–Crippen MR) is 129 cm³/mol. The lowest BCUT2D eigenvalue weighted by molar-refractivity contribution is -0.142. The van der Waals surface area contributed by atoms with Crippen LogP contribution < -0.4 is 4.74 Å². The van der Waals surface area contributed by atoms with Gasteiger partial charge in [0.25, 0.3) is 5.91 Å². The number of carbonyl (C=O) groups is 2. The lowest BCUT2D eigenvalue weighted by Crippen LogP contribution is -2.30. The smallest absolute Gasteiger partial charge is 0.343 e. The molecular formula is C23H23BrN2O5S. The van der Waals surface area contributed by atoms with Crippen molar-refractivity contribution in [2.75, 3.05) is 34.0 Å². The molecule has 1 aliphatic rings. The van der Waals surface area contributed by atoms with Crippen LogP contribution in [0.25, 0.3) is 6.08 Å². The summed E-state index contributed by atoms with van der Waals surface area (Å²) in [6.45, 7) is 0.815. The largest absolute Gasteiger partial charge is 0.481 e. The van der Waals surface area contributed by atoms with E-state index in [0.717, 1.165) is 10.2 Å². The van der Waals surface area contributed by atoms with Crippen LogP contribution in [0.1, 0.15) is 12.0 Å². The van der Waals surface area contributed by atoms with Crippen molar-refractivity contribution >= 4 is 56.5 Å².